The minimum atomic E-state index is 0.732. The second kappa shape index (κ2) is 5.56. The zero-order valence-electron chi connectivity index (χ0n) is 8.43. The van der Waals surface area contributed by atoms with Crippen molar-refractivity contribution in [2.75, 3.05) is 5.33 Å². The van der Waals surface area contributed by atoms with Gasteiger partial charge in [-0.3, -0.25) is 4.68 Å². The van der Waals surface area contributed by atoms with Gasteiger partial charge < -0.3 is 0 Å². The molecule has 2 nitrogen and oxygen atoms in total. The lowest BCUT2D eigenvalue weighted by molar-refractivity contribution is 0.651. The van der Waals surface area contributed by atoms with Crippen molar-refractivity contribution in [1.29, 1.82) is 0 Å². The summed E-state index contributed by atoms with van der Waals surface area (Å²) in [6, 6.07) is 0. The first-order chi connectivity index (χ1) is 6.70. The van der Waals surface area contributed by atoms with E-state index in [2.05, 4.69) is 41.0 Å². The van der Waals surface area contributed by atoms with Gasteiger partial charge >= 0.3 is 0 Å². The van der Waals surface area contributed by atoms with E-state index in [-0.39, 0.29) is 0 Å². The van der Waals surface area contributed by atoms with Crippen LogP contribution in [-0.4, -0.2) is 15.1 Å². The van der Waals surface area contributed by atoms with Crippen LogP contribution in [0.5, 0.6) is 0 Å². The van der Waals surface area contributed by atoms with Crippen LogP contribution in [0.3, 0.4) is 0 Å². The van der Waals surface area contributed by atoms with Crippen molar-refractivity contribution in [2.24, 2.45) is 0 Å². The Morgan fingerprint density at radius 2 is 2.43 bits per heavy atom. The highest BCUT2D eigenvalue weighted by Gasteiger charge is 2.08. The summed E-state index contributed by atoms with van der Waals surface area (Å²) in [7, 11) is 0. The van der Waals surface area contributed by atoms with Gasteiger partial charge in [-0.25, -0.2) is 0 Å². The molecule has 1 aromatic heterocycles. The number of halogens is 2. The molecule has 0 bridgehead atoms. The molecule has 4 heteroatoms. The number of alkyl halides is 1. The number of allylic oxidation sites excluding steroid dienone is 2. The molecule has 14 heavy (non-hydrogen) atoms. The number of rotatable bonds is 4. The average molecular weight is 278 g/mol. The molecule has 78 valence electrons. The minimum absolute atomic E-state index is 0.732. The highest BCUT2D eigenvalue weighted by atomic mass is 79.9. The van der Waals surface area contributed by atoms with Crippen LogP contribution in [0.25, 0.3) is 5.57 Å². The van der Waals surface area contributed by atoms with Gasteiger partial charge in [0.2, 0.25) is 0 Å². The molecule has 0 aliphatic heterocycles. The summed E-state index contributed by atoms with van der Waals surface area (Å²) in [5, 5.41) is 5.90. The lowest BCUT2D eigenvalue weighted by Crippen LogP contribution is -2.01. The van der Waals surface area contributed by atoms with Crippen molar-refractivity contribution < 1.29 is 0 Å². The lowest BCUT2D eigenvalue weighted by Gasteiger charge is -2.05. The predicted molar refractivity (Wildman–Crippen MR) is 65.0 cm³/mol. The molecule has 0 aromatic carbocycles. The lowest BCUT2D eigenvalue weighted by atomic mass is 10.2. The van der Waals surface area contributed by atoms with E-state index in [1.54, 1.807) is 6.20 Å². The standard InChI is InChI=1S/C10H14BrClN2/c1-3-14-10(9(12)7-13-14)8(2)5-4-6-11/h5,7H,3-4,6H2,1-2H3. The fourth-order valence-corrected chi connectivity index (χ4v) is 1.88. The molecule has 0 fully saturated rings. The van der Waals surface area contributed by atoms with E-state index in [4.69, 9.17) is 11.6 Å². The summed E-state index contributed by atoms with van der Waals surface area (Å²) in [5.74, 6) is 0. The first kappa shape index (κ1) is 11.8. The van der Waals surface area contributed by atoms with Gasteiger partial charge in [-0.1, -0.05) is 33.6 Å². The number of hydrogen-bond donors (Lipinski definition) is 0. The average Bonchev–Trinajstić information content (AvgIpc) is 2.56. The van der Waals surface area contributed by atoms with E-state index >= 15 is 0 Å². The fraction of sp³-hybridized carbons (Fsp3) is 0.500. The Hall–Kier alpha value is -0.280. The monoisotopic (exact) mass is 276 g/mol. The second-order valence-corrected chi connectivity index (χ2v) is 4.22. The summed E-state index contributed by atoms with van der Waals surface area (Å²) in [4.78, 5) is 0. The van der Waals surface area contributed by atoms with Crippen molar-refractivity contribution in [3.05, 3.63) is 23.0 Å². The molecule has 0 aliphatic carbocycles. The van der Waals surface area contributed by atoms with E-state index < -0.39 is 0 Å². The van der Waals surface area contributed by atoms with E-state index in [9.17, 15) is 0 Å². The SMILES string of the molecule is CCn1ncc(Cl)c1C(C)=CCCBr. The molecule has 1 aromatic rings. The van der Waals surface area contributed by atoms with Crippen molar-refractivity contribution in [2.45, 2.75) is 26.8 Å². The third-order valence-corrected chi connectivity index (χ3v) is 2.76. The molecule has 0 aliphatic rings. The summed E-state index contributed by atoms with van der Waals surface area (Å²) < 4.78 is 1.92. The maximum atomic E-state index is 6.06. The largest absolute Gasteiger partial charge is 0.264 e. The van der Waals surface area contributed by atoms with Gasteiger partial charge in [-0.05, 0) is 25.8 Å². The second-order valence-electron chi connectivity index (χ2n) is 3.02. The summed E-state index contributed by atoms with van der Waals surface area (Å²) >= 11 is 9.46. The van der Waals surface area contributed by atoms with Gasteiger partial charge in [-0.2, -0.15) is 5.10 Å². The van der Waals surface area contributed by atoms with Gasteiger partial charge in [0.25, 0.3) is 0 Å². The van der Waals surface area contributed by atoms with Crippen LogP contribution in [0.1, 0.15) is 26.0 Å². The molecule has 0 spiro atoms. The Morgan fingerprint density at radius 3 is 3.00 bits per heavy atom. The first-order valence-corrected chi connectivity index (χ1v) is 6.15. The van der Waals surface area contributed by atoms with Crippen LogP contribution >= 0.6 is 27.5 Å². The van der Waals surface area contributed by atoms with E-state index in [1.165, 1.54) is 5.57 Å². The van der Waals surface area contributed by atoms with Crippen molar-refractivity contribution in [3.8, 4) is 0 Å². The molecule has 0 N–H and O–H groups in total. The number of aryl methyl sites for hydroxylation is 1. The zero-order chi connectivity index (χ0) is 10.6. The number of aromatic nitrogens is 2. The fourth-order valence-electron chi connectivity index (χ4n) is 1.36. The quantitative estimate of drug-likeness (QED) is 0.767. The van der Waals surface area contributed by atoms with Gasteiger partial charge in [0, 0.05) is 11.9 Å². The molecule has 0 radical (unpaired) electrons. The Labute approximate surface area is 98.1 Å². The number of nitrogens with zero attached hydrogens (tertiary/aromatic N) is 2. The predicted octanol–water partition coefficient (Wildman–Crippen LogP) is 3.74. The molecular weight excluding hydrogens is 263 g/mol. The molecule has 0 atom stereocenters. The van der Waals surface area contributed by atoms with Crippen LogP contribution in [0.2, 0.25) is 5.02 Å². The van der Waals surface area contributed by atoms with E-state index in [0.717, 1.165) is 29.0 Å². The van der Waals surface area contributed by atoms with Crippen LogP contribution in [0.15, 0.2) is 12.3 Å². The Kier molecular flexibility index (Phi) is 4.69. The maximum absolute atomic E-state index is 6.06. The summed E-state index contributed by atoms with van der Waals surface area (Å²) in [6.45, 7) is 4.98. The van der Waals surface area contributed by atoms with Crippen LogP contribution in [0, 0.1) is 0 Å². The van der Waals surface area contributed by atoms with Crippen LogP contribution in [0.4, 0.5) is 0 Å². The molecule has 0 saturated heterocycles. The normalized spacial score (nSPS) is 12.1. The Balaban J connectivity index is 2.98. The number of hydrogen-bond acceptors (Lipinski definition) is 1. The Bertz CT molecular complexity index is 331. The van der Waals surface area contributed by atoms with Gasteiger partial charge in [0.05, 0.1) is 16.9 Å². The van der Waals surface area contributed by atoms with E-state index in [1.807, 2.05) is 4.68 Å². The highest BCUT2D eigenvalue weighted by Crippen LogP contribution is 2.23. The third-order valence-electron chi connectivity index (χ3n) is 2.03. The van der Waals surface area contributed by atoms with Gasteiger partial charge in [0.1, 0.15) is 0 Å². The zero-order valence-corrected chi connectivity index (χ0v) is 10.8. The summed E-state index contributed by atoms with van der Waals surface area (Å²) in [5.41, 5.74) is 2.23. The molecule has 1 rings (SSSR count). The van der Waals surface area contributed by atoms with Gasteiger partial charge in [-0.15, -0.1) is 0 Å². The first-order valence-electron chi connectivity index (χ1n) is 4.65. The summed E-state index contributed by atoms with van der Waals surface area (Å²) in [6.07, 6.45) is 4.88. The molecule has 1 heterocycles. The van der Waals surface area contributed by atoms with E-state index in [0.29, 0.717) is 0 Å². The van der Waals surface area contributed by atoms with Crippen molar-refractivity contribution >= 4 is 33.1 Å². The molecule has 0 saturated carbocycles. The van der Waals surface area contributed by atoms with Crippen molar-refractivity contribution in [3.63, 3.8) is 0 Å². The molecule has 0 unspecified atom stereocenters. The van der Waals surface area contributed by atoms with Crippen molar-refractivity contribution in [1.82, 2.24) is 9.78 Å². The molecular formula is C10H14BrClN2. The topological polar surface area (TPSA) is 17.8 Å². The smallest absolute Gasteiger partial charge is 0.0862 e. The van der Waals surface area contributed by atoms with Crippen LogP contribution < -0.4 is 0 Å². The minimum Gasteiger partial charge on any atom is -0.264 e. The maximum Gasteiger partial charge on any atom is 0.0862 e. The highest BCUT2D eigenvalue weighted by molar-refractivity contribution is 9.09. The van der Waals surface area contributed by atoms with Crippen LogP contribution in [-0.2, 0) is 6.54 Å². The van der Waals surface area contributed by atoms with Gasteiger partial charge in [0.15, 0.2) is 0 Å². The molecule has 0 amide bonds. The Morgan fingerprint density at radius 1 is 1.71 bits per heavy atom. The third kappa shape index (κ3) is 2.61.